The molecule has 1 aromatic rings. The van der Waals surface area contributed by atoms with Crippen molar-refractivity contribution in [1.29, 1.82) is 0 Å². The lowest BCUT2D eigenvalue weighted by molar-refractivity contribution is 0.0520. The third-order valence-electron chi connectivity index (χ3n) is 2.56. The molecule has 0 aromatic heterocycles. The highest BCUT2D eigenvalue weighted by Gasteiger charge is 2.15. The van der Waals surface area contributed by atoms with Gasteiger partial charge in [-0.15, -0.1) is 0 Å². The van der Waals surface area contributed by atoms with E-state index in [2.05, 4.69) is 30.6 Å². The van der Waals surface area contributed by atoms with Crippen LogP contribution in [-0.4, -0.2) is 24.8 Å². The van der Waals surface area contributed by atoms with Gasteiger partial charge in [-0.25, -0.2) is 4.79 Å². The van der Waals surface area contributed by atoms with Crippen LogP contribution in [0.5, 0.6) is 5.75 Å². The van der Waals surface area contributed by atoms with E-state index in [0.717, 1.165) is 16.9 Å². The van der Waals surface area contributed by atoms with Crippen LogP contribution in [0.25, 0.3) is 0 Å². The first kappa shape index (κ1) is 18.0. The molecule has 118 valence electrons. The molecule has 0 saturated carbocycles. The summed E-state index contributed by atoms with van der Waals surface area (Å²) in [6.45, 7) is 6.24. The van der Waals surface area contributed by atoms with Crippen molar-refractivity contribution in [3.05, 3.63) is 29.3 Å². The minimum Gasteiger partial charge on any atom is -0.492 e. The first-order valence-electron chi connectivity index (χ1n) is 6.79. The SMILES string of the molecule is CC(C)(C)OC(=O)NCCOc1ccc(CS)c(CS)c1. The number of carbonyl (C=O) groups excluding carboxylic acids is 1. The van der Waals surface area contributed by atoms with Crippen molar-refractivity contribution >= 4 is 31.4 Å². The molecule has 0 radical (unpaired) electrons. The fourth-order valence-electron chi connectivity index (χ4n) is 1.63. The third kappa shape index (κ3) is 7.00. The van der Waals surface area contributed by atoms with Crippen molar-refractivity contribution < 1.29 is 14.3 Å². The van der Waals surface area contributed by atoms with Crippen LogP contribution in [-0.2, 0) is 16.2 Å². The van der Waals surface area contributed by atoms with E-state index in [1.54, 1.807) is 0 Å². The molecule has 1 N–H and O–H groups in total. The Balaban J connectivity index is 2.38. The second-order valence-electron chi connectivity index (χ2n) is 5.52. The first-order chi connectivity index (χ1) is 9.85. The Morgan fingerprint density at radius 2 is 1.86 bits per heavy atom. The number of hydrogen-bond acceptors (Lipinski definition) is 5. The average molecular weight is 329 g/mol. The standard InChI is InChI=1S/C15H23NO3S2/c1-15(2,3)19-14(17)16-6-7-18-13-5-4-11(9-20)12(8-13)10-21/h4-5,8,20-21H,6-7,9-10H2,1-3H3,(H,16,17). The van der Waals surface area contributed by atoms with E-state index < -0.39 is 11.7 Å². The van der Waals surface area contributed by atoms with Gasteiger partial charge in [-0.2, -0.15) is 25.3 Å². The molecular weight excluding hydrogens is 306 g/mol. The molecular formula is C15H23NO3S2. The lowest BCUT2D eigenvalue weighted by Gasteiger charge is -2.19. The number of ether oxygens (including phenoxy) is 2. The van der Waals surface area contributed by atoms with Crippen LogP contribution in [0.2, 0.25) is 0 Å². The van der Waals surface area contributed by atoms with Gasteiger partial charge in [-0.1, -0.05) is 6.07 Å². The Hall–Kier alpha value is -1.01. The zero-order valence-corrected chi connectivity index (χ0v) is 14.5. The van der Waals surface area contributed by atoms with Crippen LogP contribution < -0.4 is 10.1 Å². The molecule has 1 aromatic carbocycles. The molecule has 0 bridgehead atoms. The fraction of sp³-hybridized carbons (Fsp3) is 0.533. The molecule has 0 unspecified atom stereocenters. The molecule has 0 aliphatic heterocycles. The summed E-state index contributed by atoms with van der Waals surface area (Å²) in [5, 5.41) is 2.65. The van der Waals surface area contributed by atoms with E-state index in [4.69, 9.17) is 9.47 Å². The van der Waals surface area contributed by atoms with Crippen molar-refractivity contribution in [2.45, 2.75) is 37.9 Å². The van der Waals surface area contributed by atoms with Gasteiger partial charge in [0.05, 0.1) is 6.54 Å². The van der Waals surface area contributed by atoms with Gasteiger partial charge in [0.25, 0.3) is 0 Å². The lowest BCUT2D eigenvalue weighted by Crippen LogP contribution is -2.34. The zero-order valence-electron chi connectivity index (χ0n) is 12.7. The molecule has 4 nitrogen and oxygen atoms in total. The molecule has 21 heavy (non-hydrogen) atoms. The van der Waals surface area contributed by atoms with Crippen LogP contribution in [0.15, 0.2) is 18.2 Å². The number of alkyl carbamates (subject to hydrolysis) is 1. The van der Waals surface area contributed by atoms with E-state index in [1.807, 2.05) is 39.0 Å². The first-order valence-corrected chi connectivity index (χ1v) is 8.05. The topological polar surface area (TPSA) is 47.6 Å². The summed E-state index contributed by atoms with van der Waals surface area (Å²) in [5.41, 5.74) is 1.76. The summed E-state index contributed by atoms with van der Waals surface area (Å²) < 4.78 is 10.7. The number of benzene rings is 1. The molecule has 1 rings (SSSR count). The molecule has 0 aliphatic rings. The van der Waals surface area contributed by atoms with Crippen molar-refractivity contribution in [2.24, 2.45) is 0 Å². The predicted molar refractivity (Wildman–Crippen MR) is 91.6 cm³/mol. The number of rotatable bonds is 6. The van der Waals surface area contributed by atoms with Crippen LogP contribution in [0.1, 0.15) is 31.9 Å². The minimum atomic E-state index is -0.491. The van der Waals surface area contributed by atoms with Gasteiger partial charge >= 0.3 is 6.09 Å². The molecule has 0 atom stereocenters. The van der Waals surface area contributed by atoms with Gasteiger partial charge in [-0.3, -0.25) is 0 Å². The van der Waals surface area contributed by atoms with E-state index in [-0.39, 0.29) is 0 Å². The van der Waals surface area contributed by atoms with Gasteiger partial charge in [0.1, 0.15) is 18.0 Å². The quantitative estimate of drug-likeness (QED) is 0.553. The van der Waals surface area contributed by atoms with Crippen LogP contribution >= 0.6 is 25.3 Å². The summed E-state index contributed by atoms with van der Waals surface area (Å²) in [6, 6.07) is 5.83. The molecule has 0 spiro atoms. The third-order valence-corrected chi connectivity index (χ3v) is 3.24. The zero-order chi connectivity index (χ0) is 15.9. The van der Waals surface area contributed by atoms with Gasteiger partial charge in [-0.05, 0) is 44.0 Å². The summed E-state index contributed by atoms with van der Waals surface area (Å²) >= 11 is 8.57. The molecule has 0 aliphatic carbocycles. The Labute approximate surface area is 137 Å². The summed E-state index contributed by atoms with van der Waals surface area (Å²) in [4.78, 5) is 11.4. The van der Waals surface area contributed by atoms with Gasteiger partial charge in [0.2, 0.25) is 0 Å². The maximum atomic E-state index is 11.4. The van der Waals surface area contributed by atoms with Crippen molar-refractivity contribution in [2.75, 3.05) is 13.2 Å². The van der Waals surface area contributed by atoms with E-state index in [9.17, 15) is 4.79 Å². The predicted octanol–water partition coefficient (Wildman–Crippen LogP) is 3.45. The van der Waals surface area contributed by atoms with E-state index in [1.165, 1.54) is 0 Å². The van der Waals surface area contributed by atoms with Crippen molar-refractivity contribution in [1.82, 2.24) is 5.32 Å². The summed E-state index contributed by atoms with van der Waals surface area (Å²) in [7, 11) is 0. The fourth-order valence-corrected chi connectivity index (χ4v) is 2.23. The van der Waals surface area contributed by atoms with Gasteiger partial charge < -0.3 is 14.8 Å². The maximum Gasteiger partial charge on any atom is 0.407 e. The maximum absolute atomic E-state index is 11.4. The van der Waals surface area contributed by atoms with Crippen molar-refractivity contribution in [3.8, 4) is 5.75 Å². The summed E-state index contributed by atoms with van der Waals surface area (Å²) in [5.74, 6) is 2.08. The Bertz CT molecular complexity index is 472. The molecule has 0 heterocycles. The van der Waals surface area contributed by atoms with Crippen molar-refractivity contribution in [3.63, 3.8) is 0 Å². The number of amides is 1. The Morgan fingerprint density at radius 3 is 2.43 bits per heavy atom. The minimum absolute atomic E-state index is 0.380. The highest BCUT2D eigenvalue weighted by Crippen LogP contribution is 2.20. The highest BCUT2D eigenvalue weighted by atomic mass is 32.1. The van der Waals surface area contributed by atoms with E-state index >= 15 is 0 Å². The molecule has 0 saturated heterocycles. The van der Waals surface area contributed by atoms with Gasteiger partial charge in [0, 0.05) is 11.5 Å². The summed E-state index contributed by atoms with van der Waals surface area (Å²) in [6.07, 6.45) is -0.437. The molecule has 6 heteroatoms. The Kier molecular flexibility index (Phi) is 7.25. The number of nitrogens with one attached hydrogen (secondary N) is 1. The number of hydrogen-bond donors (Lipinski definition) is 3. The normalized spacial score (nSPS) is 11.1. The number of carbonyl (C=O) groups is 1. The largest absolute Gasteiger partial charge is 0.492 e. The molecule has 0 fully saturated rings. The van der Waals surface area contributed by atoms with Crippen LogP contribution in [0, 0.1) is 0 Å². The Morgan fingerprint density at radius 1 is 1.19 bits per heavy atom. The monoisotopic (exact) mass is 329 g/mol. The average Bonchev–Trinajstić information content (AvgIpc) is 2.41. The second kappa shape index (κ2) is 8.44. The van der Waals surface area contributed by atoms with Crippen LogP contribution in [0.3, 0.4) is 0 Å². The van der Waals surface area contributed by atoms with E-state index in [0.29, 0.717) is 24.7 Å². The van der Waals surface area contributed by atoms with Crippen LogP contribution in [0.4, 0.5) is 4.79 Å². The second-order valence-corrected chi connectivity index (χ2v) is 6.16. The molecule has 1 amide bonds. The van der Waals surface area contributed by atoms with Gasteiger partial charge in [0.15, 0.2) is 0 Å². The highest BCUT2D eigenvalue weighted by molar-refractivity contribution is 7.79. The lowest BCUT2D eigenvalue weighted by atomic mass is 10.1. The number of thiol groups is 2. The smallest absolute Gasteiger partial charge is 0.407 e.